The van der Waals surface area contributed by atoms with Crippen LogP contribution >= 0.6 is 0 Å². The molecule has 2 amide bonds. The van der Waals surface area contributed by atoms with Gasteiger partial charge in [0.05, 0.1) is 17.1 Å². The Hall–Kier alpha value is -2.94. The summed E-state index contributed by atoms with van der Waals surface area (Å²) in [6.45, 7) is 20.6. The van der Waals surface area contributed by atoms with Gasteiger partial charge >= 0.3 is 5.97 Å². The van der Waals surface area contributed by atoms with Crippen LogP contribution < -0.4 is 5.32 Å². The van der Waals surface area contributed by atoms with Crippen molar-refractivity contribution in [3.8, 4) is 0 Å². The summed E-state index contributed by atoms with van der Waals surface area (Å²) in [5.41, 5.74) is 4.63. The number of benzene rings is 1. The zero-order chi connectivity index (χ0) is 39.1. The van der Waals surface area contributed by atoms with Gasteiger partial charge in [-0.05, 0) is 145 Å². The van der Waals surface area contributed by atoms with Crippen LogP contribution in [0.15, 0.2) is 42.5 Å². The monoisotopic (exact) mass is 760 g/mol. The van der Waals surface area contributed by atoms with Crippen LogP contribution in [0.3, 0.4) is 0 Å². The first-order valence-electron chi connectivity index (χ1n) is 20.7. The Morgan fingerprint density at radius 3 is 2.20 bits per heavy atom. The molecule has 1 aromatic carbocycles. The van der Waals surface area contributed by atoms with Crippen LogP contribution in [0.2, 0.25) is 0 Å². The molecule has 2 N–H and O–H groups in total. The third kappa shape index (κ3) is 6.21. The van der Waals surface area contributed by atoms with E-state index in [1.807, 2.05) is 12.1 Å². The molecule has 7 rings (SSSR count). The minimum absolute atomic E-state index is 0.000864. The van der Waals surface area contributed by atoms with Gasteiger partial charge in [0.15, 0.2) is 9.84 Å². The Bertz CT molecular complexity index is 1840. The lowest BCUT2D eigenvalue weighted by molar-refractivity contribution is -0.225. The second-order valence-corrected chi connectivity index (χ2v) is 22.1. The Morgan fingerprint density at radius 2 is 1.56 bits per heavy atom. The lowest BCUT2D eigenvalue weighted by Crippen LogP contribution is -2.66. The molecular formula is C45H64N2O6S. The number of hydrogen-bond acceptors (Lipinski definition) is 5. The average Bonchev–Trinajstić information content (AvgIpc) is 3.50. The highest BCUT2D eigenvalue weighted by Crippen LogP contribution is 2.77. The maximum Gasteiger partial charge on any atom is 0.335 e. The zero-order valence-electron chi connectivity index (χ0n) is 33.6. The molecule has 0 bridgehead atoms. The van der Waals surface area contributed by atoms with Gasteiger partial charge in [-0.15, -0.1) is 0 Å². The van der Waals surface area contributed by atoms with E-state index in [1.54, 1.807) is 17.0 Å². The molecule has 9 atom stereocenters. The van der Waals surface area contributed by atoms with Crippen molar-refractivity contribution >= 4 is 33.2 Å². The van der Waals surface area contributed by atoms with E-state index < -0.39 is 15.8 Å². The van der Waals surface area contributed by atoms with Crippen molar-refractivity contribution < 1.29 is 27.9 Å². The molecule has 4 saturated carbocycles. The van der Waals surface area contributed by atoms with Crippen LogP contribution in [-0.2, 0) is 19.4 Å². The van der Waals surface area contributed by atoms with E-state index in [9.17, 15) is 27.9 Å². The van der Waals surface area contributed by atoms with Gasteiger partial charge in [-0.25, -0.2) is 13.2 Å². The molecule has 9 heteroatoms. The van der Waals surface area contributed by atoms with E-state index in [0.717, 1.165) is 37.7 Å². The molecule has 0 spiro atoms. The maximum atomic E-state index is 13.3. The van der Waals surface area contributed by atoms with Crippen LogP contribution in [0.5, 0.6) is 0 Å². The molecular weight excluding hydrogens is 697 g/mol. The average molecular weight is 761 g/mol. The summed E-state index contributed by atoms with van der Waals surface area (Å²) in [5, 5.41) is 12.8. The van der Waals surface area contributed by atoms with Crippen molar-refractivity contribution in [2.45, 2.75) is 112 Å². The van der Waals surface area contributed by atoms with Gasteiger partial charge in [-0.3, -0.25) is 9.59 Å². The van der Waals surface area contributed by atoms with Gasteiger partial charge in [-0.2, -0.15) is 0 Å². The number of carbonyl (C=O) groups is 3. The van der Waals surface area contributed by atoms with Gasteiger partial charge in [0, 0.05) is 32.5 Å². The number of carboxylic acids is 1. The van der Waals surface area contributed by atoms with Gasteiger partial charge in [0.2, 0.25) is 11.8 Å². The minimum atomic E-state index is -3.07. The quantitative estimate of drug-likeness (QED) is 0.258. The normalized spacial score (nSPS) is 39.2. The first-order valence-corrected chi connectivity index (χ1v) is 22.5. The molecule has 0 unspecified atom stereocenters. The van der Waals surface area contributed by atoms with Gasteiger partial charge < -0.3 is 15.3 Å². The van der Waals surface area contributed by atoms with Crippen LogP contribution in [0.1, 0.15) is 128 Å². The van der Waals surface area contributed by atoms with Crippen molar-refractivity contribution in [2.24, 2.45) is 56.7 Å². The summed E-state index contributed by atoms with van der Waals surface area (Å²) < 4.78 is 23.6. The SMILES string of the molecule is C=C(C)[C@@H]1CC[C@]2(CNC(=O)CCC(=O)N3CCS(=O)(=O)CC3)CC[C@]3(C)[C@H](CC[C@@H]4[C@@]5(C)CC=C(c6ccc(C(=O)O)cc6)C(C)(C)[C@@H]5CC[C@]43C)[C@@H]12. The topological polar surface area (TPSA) is 121 Å². The molecule has 1 heterocycles. The van der Waals surface area contributed by atoms with Crippen molar-refractivity contribution in [3.05, 3.63) is 53.6 Å². The number of aromatic carboxylic acids is 1. The van der Waals surface area contributed by atoms with E-state index in [4.69, 9.17) is 0 Å². The molecule has 0 radical (unpaired) electrons. The Kier molecular flexibility index (Phi) is 9.91. The number of nitrogens with one attached hydrogen (secondary N) is 1. The number of sulfone groups is 1. The van der Waals surface area contributed by atoms with E-state index in [2.05, 4.69) is 59.5 Å². The van der Waals surface area contributed by atoms with E-state index >= 15 is 0 Å². The van der Waals surface area contributed by atoms with Crippen molar-refractivity contribution in [3.63, 3.8) is 0 Å². The summed E-state index contributed by atoms with van der Waals surface area (Å²) in [7, 11) is -3.07. The minimum Gasteiger partial charge on any atom is -0.478 e. The first kappa shape index (κ1) is 39.3. The Balaban J connectivity index is 1.09. The summed E-state index contributed by atoms with van der Waals surface area (Å²) in [5.74, 6) is 1.50. The van der Waals surface area contributed by atoms with Gasteiger partial charge in [0.25, 0.3) is 0 Å². The highest BCUT2D eigenvalue weighted by Gasteiger charge is 2.70. The summed E-state index contributed by atoms with van der Waals surface area (Å²) in [4.78, 5) is 39.3. The summed E-state index contributed by atoms with van der Waals surface area (Å²) in [6, 6.07) is 7.49. The fourth-order valence-corrected chi connectivity index (χ4v) is 15.4. The molecule has 1 aliphatic heterocycles. The van der Waals surface area contributed by atoms with Crippen molar-refractivity contribution in [1.82, 2.24) is 10.2 Å². The Morgan fingerprint density at radius 1 is 0.870 bits per heavy atom. The predicted octanol–water partition coefficient (Wildman–Crippen LogP) is 8.19. The molecule has 54 heavy (non-hydrogen) atoms. The molecule has 8 nitrogen and oxygen atoms in total. The van der Waals surface area contributed by atoms with Crippen LogP contribution in [-0.4, -0.2) is 67.3 Å². The lowest BCUT2D eigenvalue weighted by atomic mass is 9.32. The van der Waals surface area contributed by atoms with Crippen LogP contribution in [0.25, 0.3) is 5.57 Å². The fraction of sp³-hybridized carbons (Fsp3) is 0.711. The second kappa shape index (κ2) is 13.6. The van der Waals surface area contributed by atoms with Crippen LogP contribution in [0, 0.1) is 56.7 Å². The molecule has 0 aromatic heterocycles. The zero-order valence-corrected chi connectivity index (χ0v) is 34.5. The third-order valence-electron chi connectivity index (χ3n) is 17.2. The number of carboxylic acid groups (broad SMARTS) is 1. The fourth-order valence-electron chi connectivity index (χ4n) is 14.2. The molecule has 1 aromatic rings. The predicted molar refractivity (Wildman–Crippen MR) is 213 cm³/mol. The van der Waals surface area contributed by atoms with Crippen molar-refractivity contribution in [1.29, 1.82) is 0 Å². The summed E-state index contributed by atoms with van der Waals surface area (Å²) >= 11 is 0. The Labute approximate surface area is 323 Å². The van der Waals surface area contributed by atoms with Crippen molar-refractivity contribution in [2.75, 3.05) is 31.1 Å². The van der Waals surface area contributed by atoms with E-state index in [0.29, 0.717) is 41.7 Å². The van der Waals surface area contributed by atoms with Crippen LogP contribution in [0.4, 0.5) is 0 Å². The standard InChI is InChI=1S/C45H64N2O6S/c1-29(2)32-16-21-45(28-46-37(48)14-15-38(49)47-24-26-54(52,53)27-25-47)23-22-43(6)34(39(32)45)12-13-36-42(5)19-17-33(30-8-10-31(11-9-30)40(50)51)41(3,4)35(42)18-20-44(36,43)7/h8-11,17,32,34-36,39H,1,12-16,18-28H2,2-7H3,(H,46,48)(H,50,51)/t32-,34+,35-,36+,39+,42-,43+,44+,45+/m0/s1. The summed E-state index contributed by atoms with van der Waals surface area (Å²) in [6.07, 6.45) is 13.1. The number of fused-ring (bicyclic) bond motifs is 7. The molecule has 296 valence electrons. The van der Waals surface area contributed by atoms with E-state index in [-0.39, 0.29) is 76.3 Å². The molecule has 5 aliphatic carbocycles. The molecule has 1 saturated heterocycles. The number of carbonyl (C=O) groups excluding carboxylic acids is 2. The third-order valence-corrected chi connectivity index (χ3v) is 18.8. The smallest absolute Gasteiger partial charge is 0.335 e. The highest BCUT2D eigenvalue weighted by atomic mass is 32.2. The van der Waals surface area contributed by atoms with Gasteiger partial charge in [0.1, 0.15) is 0 Å². The highest BCUT2D eigenvalue weighted by molar-refractivity contribution is 7.91. The lowest BCUT2D eigenvalue weighted by Gasteiger charge is -2.72. The number of nitrogens with zero attached hydrogens (tertiary/aromatic N) is 1. The maximum absolute atomic E-state index is 13.3. The van der Waals surface area contributed by atoms with Gasteiger partial charge in [-0.1, -0.05) is 65.0 Å². The molecule has 6 aliphatic rings. The first-order chi connectivity index (χ1) is 25.3. The van der Waals surface area contributed by atoms with E-state index in [1.165, 1.54) is 36.8 Å². The largest absolute Gasteiger partial charge is 0.478 e. The number of hydrogen-bond donors (Lipinski definition) is 2. The number of rotatable bonds is 8. The number of amides is 2. The molecule has 5 fully saturated rings. The number of allylic oxidation sites excluding steroid dienone is 3. The second-order valence-electron chi connectivity index (χ2n) is 19.8.